The SMILES string of the molecule is CC(C)c1ncn(-c2ncc(I)cn2)n1. The third-order valence-electron chi connectivity index (χ3n) is 1.84. The largest absolute Gasteiger partial charge is 0.252 e. The van der Waals surface area contributed by atoms with Gasteiger partial charge in [-0.1, -0.05) is 13.8 Å². The summed E-state index contributed by atoms with van der Waals surface area (Å²) in [6, 6.07) is 0. The predicted molar refractivity (Wildman–Crippen MR) is 63.8 cm³/mol. The molecule has 0 fully saturated rings. The molecule has 0 unspecified atom stereocenters. The maximum absolute atomic E-state index is 4.29. The first kappa shape index (κ1) is 10.5. The first-order valence-corrected chi connectivity index (χ1v) is 5.64. The molecule has 6 heteroatoms. The fourth-order valence-corrected chi connectivity index (χ4v) is 1.34. The molecule has 0 aliphatic heterocycles. The molecule has 15 heavy (non-hydrogen) atoms. The van der Waals surface area contributed by atoms with Crippen molar-refractivity contribution in [2.75, 3.05) is 0 Å². The van der Waals surface area contributed by atoms with Gasteiger partial charge in [-0.15, -0.1) is 5.10 Å². The number of rotatable bonds is 2. The molecule has 0 amide bonds. The van der Waals surface area contributed by atoms with Crippen LogP contribution in [0, 0.1) is 3.57 Å². The predicted octanol–water partition coefficient (Wildman–Crippen LogP) is 1.79. The molecule has 0 aliphatic rings. The van der Waals surface area contributed by atoms with Crippen molar-refractivity contribution in [2.45, 2.75) is 19.8 Å². The lowest BCUT2D eigenvalue weighted by Crippen LogP contribution is -2.02. The summed E-state index contributed by atoms with van der Waals surface area (Å²) in [5.74, 6) is 1.67. The van der Waals surface area contributed by atoms with Crippen molar-refractivity contribution in [1.29, 1.82) is 0 Å². The summed E-state index contributed by atoms with van der Waals surface area (Å²) in [7, 11) is 0. The smallest absolute Gasteiger partial charge is 0.219 e. The third-order valence-corrected chi connectivity index (χ3v) is 2.39. The molecular formula is C9H10IN5. The monoisotopic (exact) mass is 315 g/mol. The second-order valence-electron chi connectivity index (χ2n) is 3.40. The van der Waals surface area contributed by atoms with Crippen molar-refractivity contribution in [1.82, 2.24) is 24.7 Å². The van der Waals surface area contributed by atoms with E-state index in [1.54, 1.807) is 23.4 Å². The first-order valence-electron chi connectivity index (χ1n) is 4.56. The first-order chi connectivity index (χ1) is 7.16. The van der Waals surface area contributed by atoms with Gasteiger partial charge in [0.2, 0.25) is 0 Å². The highest BCUT2D eigenvalue weighted by atomic mass is 127. The van der Waals surface area contributed by atoms with E-state index in [-0.39, 0.29) is 0 Å². The van der Waals surface area contributed by atoms with Crippen molar-refractivity contribution in [3.05, 3.63) is 28.1 Å². The number of hydrogen-bond donors (Lipinski definition) is 0. The van der Waals surface area contributed by atoms with Crippen LogP contribution in [0.3, 0.4) is 0 Å². The second-order valence-corrected chi connectivity index (χ2v) is 4.65. The Balaban J connectivity index is 2.33. The molecule has 0 atom stereocenters. The molecule has 0 saturated heterocycles. The molecule has 0 aliphatic carbocycles. The van der Waals surface area contributed by atoms with Crippen molar-refractivity contribution in [3.8, 4) is 5.95 Å². The van der Waals surface area contributed by atoms with E-state index in [9.17, 15) is 0 Å². The van der Waals surface area contributed by atoms with Crippen LogP contribution in [0.4, 0.5) is 0 Å². The summed E-state index contributed by atoms with van der Waals surface area (Å²) < 4.78 is 2.59. The molecular weight excluding hydrogens is 305 g/mol. The Kier molecular flexibility index (Phi) is 2.94. The van der Waals surface area contributed by atoms with Gasteiger partial charge in [0.05, 0.1) is 0 Å². The Morgan fingerprint density at radius 3 is 2.40 bits per heavy atom. The second kappa shape index (κ2) is 4.21. The van der Waals surface area contributed by atoms with Gasteiger partial charge in [0.1, 0.15) is 6.33 Å². The highest BCUT2D eigenvalue weighted by Crippen LogP contribution is 2.09. The average Bonchev–Trinajstić information content (AvgIpc) is 2.68. The Labute approximate surface area is 101 Å². The summed E-state index contributed by atoms with van der Waals surface area (Å²) in [5, 5.41) is 4.29. The third kappa shape index (κ3) is 2.31. The van der Waals surface area contributed by atoms with Crippen LogP contribution < -0.4 is 0 Å². The number of halogens is 1. The molecule has 0 N–H and O–H groups in total. The molecule has 2 heterocycles. The Morgan fingerprint density at radius 1 is 1.20 bits per heavy atom. The van der Waals surface area contributed by atoms with Gasteiger partial charge in [-0.05, 0) is 22.6 Å². The molecule has 0 saturated carbocycles. The van der Waals surface area contributed by atoms with Crippen LogP contribution in [0.2, 0.25) is 0 Å². The van der Waals surface area contributed by atoms with Crippen molar-refractivity contribution < 1.29 is 0 Å². The van der Waals surface area contributed by atoms with Crippen LogP contribution in [0.1, 0.15) is 25.6 Å². The van der Waals surface area contributed by atoms with Crippen molar-refractivity contribution in [3.63, 3.8) is 0 Å². The van der Waals surface area contributed by atoms with E-state index in [1.807, 2.05) is 0 Å². The molecule has 2 aromatic heterocycles. The van der Waals surface area contributed by atoms with E-state index in [2.05, 4.69) is 56.5 Å². The molecule has 2 aromatic rings. The maximum Gasteiger partial charge on any atom is 0.252 e. The lowest BCUT2D eigenvalue weighted by atomic mass is 10.2. The minimum Gasteiger partial charge on any atom is -0.219 e. The van der Waals surface area contributed by atoms with Gasteiger partial charge in [0, 0.05) is 21.9 Å². The summed E-state index contributed by atoms with van der Waals surface area (Å²) in [6.45, 7) is 4.10. The van der Waals surface area contributed by atoms with Crippen LogP contribution in [0.25, 0.3) is 5.95 Å². The minimum absolute atomic E-state index is 0.315. The summed E-state index contributed by atoms with van der Waals surface area (Å²) in [4.78, 5) is 12.5. The molecule has 0 radical (unpaired) electrons. The molecule has 78 valence electrons. The van der Waals surface area contributed by atoms with Gasteiger partial charge in [0.15, 0.2) is 5.82 Å². The van der Waals surface area contributed by atoms with E-state index in [0.717, 1.165) is 9.39 Å². The number of hydrogen-bond acceptors (Lipinski definition) is 4. The molecule has 5 nitrogen and oxygen atoms in total. The lowest BCUT2D eigenvalue weighted by molar-refractivity contribution is 0.734. The normalized spacial score (nSPS) is 10.9. The highest BCUT2D eigenvalue weighted by molar-refractivity contribution is 14.1. The molecule has 0 aromatic carbocycles. The van der Waals surface area contributed by atoms with Gasteiger partial charge in [0.25, 0.3) is 5.95 Å². The zero-order valence-corrected chi connectivity index (χ0v) is 10.6. The quantitative estimate of drug-likeness (QED) is 0.793. The maximum atomic E-state index is 4.29. The van der Waals surface area contributed by atoms with Crippen LogP contribution >= 0.6 is 22.6 Å². The van der Waals surface area contributed by atoms with Crippen LogP contribution in [0.5, 0.6) is 0 Å². The summed E-state index contributed by atoms with van der Waals surface area (Å²) in [6.07, 6.45) is 5.14. The van der Waals surface area contributed by atoms with E-state index in [0.29, 0.717) is 11.9 Å². The standard InChI is InChI=1S/C9H10IN5/c1-6(2)8-13-5-15(14-8)9-11-3-7(10)4-12-9/h3-6H,1-2H3. The van der Waals surface area contributed by atoms with E-state index in [1.165, 1.54) is 0 Å². The molecule has 0 spiro atoms. The summed E-state index contributed by atoms with van der Waals surface area (Å²) in [5.41, 5.74) is 0. The topological polar surface area (TPSA) is 56.5 Å². The van der Waals surface area contributed by atoms with Gasteiger partial charge < -0.3 is 0 Å². The van der Waals surface area contributed by atoms with Gasteiger partial charge >= 0.3 is 0 Å². The van der Waals surface area contributed by atoms with Gasteiger partial charge in [-0.2, -0.15) is 4.68 Å². The average molecular weight is 315 g/mol. The zero-order chi connectivity index (χ0) is 10.8. The Morgan fingerprint density at radius 2 is 1.87 bits per heavy atom. The molecule has 0 bridgehead atoms. The van der Waals surface area contributed by atoms with E-state index < -0.39 is 0 Å². The number of aromatic nitrogens is 5. The minimum atomic E-state index is 0.315. The van der Waals surface area contributed by atoms with Crippen LogP contribution in [-0.2, 0) is 0 Å². The van der Waals surface area contributed by atoms with Gasteiger partial charge in [-0.3, -0.25) is 0 Å². The van der Waals surface area contributed by atoms with E-state index >= 15 is 0 Å². The Bertz CT molecular complexity index is 448. The van der Waals surface area contributed by atoms with Crippen LogP contribution in [0.15, 0.2) is 18.7 Å². The van der Waals surface area contributed by atoms with Crippen LogP contribution in [-0.4, -0.2) is 24.7 Å². The van der Waals surface area contributed by atoms with Crippen molar-refractivity contribution in [2.24, 2.45) is 0 Å². The fraction of sp³-hybridized carbons (Fsp3) is 0.333. The number of nitrogens with zero attached hydrogens (tertiary/aromatic N) is 5. The fourth-order valence-electron chi connectivity index (χ4n) is 1.06. The molecule has 2 rings (SSSR count). The zero-order valence-electron chi connectivity index (χ0n) is 8.42. The van der Waals surface area contributed by atoms with Gasteiger partial charge in [-0.25, -0.2) is 15.0 Å². The van der Waals surface area contributed by atoms with E-state index in [4.69, 9.17) is 0 Å². The van der Waals surface area contributed by atoms with Crippen molar-refractivity contribution >= 4 is 22.6 Å². The highest BCUT2D eigenvalue weighted by Gasteiger charge is 2.07. The Hall–Kier alpha value is -1.05. The lowest BCUT2D eigenvalue weighted by Gasteiger charge is -1.98. The summed E-state index contributed by atoms with van der Waals surface area (Å²) >= 11 is 2.16.